The summed E-state index contributed by atoms with van der Waals surface area (Å²) in [5, 5.41) is 9.45. The van der Waals surface area contributed by atoms with E-state index in [0.29, 0.717) is 44.2 Å². The first-order valence-corrected chi connectivity index (χ1v) is 11.4. The molecule has 0 radical (unpaired) electrons. The van der Waals surface area contributed by atoms with Gasteiger partial charge in [0.15, 0.2) is 5.69 Å². The van der Waals surface area contributed by atoms with Crippen molar-refractivity contribution in [3.8, 4) is 28.6 Å². The van der Waals surface area contributed by atoms with Crippen LogP contribution in [0.2, 0.25) is 5.02 Å². The topological polar surface area (TPSA) is 86.7 Å². The quantitative estimate of drug-likeness (QED) is 0.491. The highest BCUT2D eigenvalue weighted by Gasteiger charge is 2.37. The molecule has 4 rings (SSSR count). The number of hydrogen-bond acceptors (Lipinski definition) is 8. The van der Waals surface area contributed by atoms with Crippen molar-refractivity contribution in [3.63, 3.8) is 0 Å². The standard InChI is InChI=1S/C22H21ClN4O4S/c1-5-18(28)27-16-9-6-12(23)10-15(16)19-20(24-22(32-4)26-25-19)31-21(27)14-8-7-13(29-2)11-17(14)30-3/h6-11,21H,5H2,1-4H3. The van der Waals surface area contributed by atoms with Gasteiger partial charge in [-0.3, -0.25) is 9.69 Å². The molecular formula is C22H21ClN4O4S. The predicted molar refractivity (Wildman–Crippen MR) is 123 cm³/mol. The zero-order chi connectivity index (χ0) is 22.8. The molecule has 2 aromatic carbocycles. The molecule has 10 heteroatoms. The van der Waals surface area contributed by atoms with Gasteiger partial charge in [-0.05, 0) is 36.6 Å². The molecule has 8 nitrogen and oxygen atoms in total. The molecule has 32 heavy (non-hydrogen) atoms. The van der Waals surface area contributed by atoms with Gasteiger partial charge in [0, 0.05) is 23.1 Å². The molecule has 1 aliphatic heterocycles. The van der Waals surface area contributed by atoms with Gasteiger partial charge in [-0.2, -0.15) is 4.98 Å². The Hall–Kier alpha value is -3.04. The SMILES string of the molecule is CCC(=O)N1c2ccc(Cl)cc2-c2nnc(SC)nc2OC1c1ccc(OC)cc1OC. The summed E-state index contributed by atoms with van der Waals surface area (Å²) < 4.78 is 17.3. The first-order valence-electron chi connectivity index (χ1n) is 9.80. The van der Waals surface area contributed by atoms with Crippen LogP contribution in [-0.2, 0) is 4.79 Å². The molecule has 1 atom stereocenters. The van der Waals surface area contributed by atoms with E-state index in [-0.39, 0.29) is 18.2 Å². The Morgan fingerprint density at radius 2 is 2.00 bits per heavy atom. The van der Waals surface area contributed by atoms with E-state index in [1.165, 1.54) is 11.8 Å². The minimum atomic E-state index is -0.865. The van der Waals surface area contributed by atoms with Gasteiger partial charge in [0.1, 0.15) is 11.5 Å². The van der Waals surface area contributed by atoms with E-state index >= 15 is 0 Å². The van der Waals surface area contributed by atoms with E-state index in [0.717, 1.165) is 0 Å². The van der Waals surface area contributed by atoms with Gasteiger partial charge in [-0.15, -0.1) is 10.2 Å². The summed E-state index contributed by atoms with van der Waals surface area (Å²) in [4.78, 5) is 19.3. The highest BCUT2D eigenvalue weighted by atomic mass is 35.5. The van der Waals surface area contributed by atoms with Crippen LogP contribution in [0.5, 0.6) is 17.4 Å². The highest BCUT2D eigenvalue weighted by molar-refractivity contribution is 7.98. The maximum Gasteiger partial charge on any atom is 0.247 e. The lowest BCUT2D eigenvalue weighted by Crippen LogP contribution is -2.37. The molecule has 1 unspecified atom stereocenters. The molecule has 1 aromatic heterocycles. The molecule has 0 bridgehead atoms. The Morgan fingerprint density at radius 1 is 1.19 bits per heavy atom. The number of benzene rings is 2. The van der Waals surface area contributed by atoms with E-state index in [1.54, 1.807) is 56.4 Å². The molecule has 0 saturated heterocycles. The normalized spacial score (nSPS) is 14.7. The number of carbonyl (C=O) groups is 1. The summed E-state index contributed by atoms with van der Waals surface area (Å²) in [5.41, 5.74) is 2.24. The monoisotopic (exact) mass is 472 g/mol. The second kappa shape index (κ2) is 9.22. The molecule has 0 N–H and O–H groups in total. The first-order chi connectivity index (χ1) is 15.5. The van der Waals surface area contributed by atoms with E-state index in [2.05, 4.69) is 15.2 Å². The van der Waals surface area contributed by atoms with Crippen molar-refractivity contribution in [1.82, 2.24) is 15.2 Å². The largest absolute Gasteiger partial charge is 0.497 e. The Bertz CT molecular complexity index is 1180. The van der Waals surface area contributed by atoms with Gasteiger partial charge in [0.2, 0.25) is 23.2 Å². The fourth-order valence-electron chi connectivity index (χ4n) is 3.49. The molecule has 166 valence electrons. The van der Waals surface area contributed by atoms with E-state index in [9.17, 15) is 4.79 Å². The third-order valence-corrected chi connectivity index (χ3v) is 5.80. The number of halogens is 1. The number of ether oxygens (including phenoxy) is 3. The van der Waals surface area contributed by atoms with Gasteiger partial charge in [0.05, 0.1) is 25.5 Å². The molecule has 3 aromatic rings. The van der Waals surface area contributed by atoms with Crippen molar-refractivity contribution in [1.29, 1.82) is 0 Å². The molecule has 1 aliphatic rings. The number of rotatable bonds is 5. The number of hydrogen-bond donors (Lipinski definition) is 0. The predicted octanol–water partition coefficient (Wildman–Crippen LogP) is 4.77. The second-order valence-corrected chi connectivity index (χ2v) is 8.02. The molecule has 2 heterocycles. The zero-order valence-electron chi connectivity index (χ0n) is 18.0. The van der Waals surface area contributed by atoms with Crippen molar-refractivity contribution in [2.24, 2.45) is 0 Å². The van der Waals surface area contributed by atoms with E-state index < -0.39 is 6.23 Å². The van der Waals surface area contributed by atoms with Gasteiger partial charge in [-0.1, -0.05) is 30.3 Å². The summed E-state index contributed by atoms with van der Waals surface area (Å²) >= 11 is 7.64. The molecule has 0 fully saturated rings. The summed E-state index contributed by atoms with van der Waals surface area (Å²) in [6, 6.07) is 10.6. The number of nitrogens with zero attached hydrogens (tertiary/aromatic N) is 4. The van der Waals surface area contributed by atoms with Crippen LogP contribution in [-0.4, -0.2) is 41.6 Å². The number of methoxy groups -OCH3 is 2. The maximum absolute atomic E-state index is 13.2. The Balaban J connectivity index is 2.01. The van der Waals surface area contributed by atoms with Crippen LogP contribution >= 0.6 is 23.4 Å². The minimum Gasteiger partial charge on any atom is -0.497 e. The van der Waals surface area contributed by atoms with Crippen molar-refractivity contribution in [2.75, 3.05) is 25.4 Å². The van der Waals surface area contributed by atoms with Crippen LogP contribution in [0.4, 0.5) is 5.69 Å². The summed E-state index contributed by atoms with van der Waals surface area (Å²) in [5.74, 6) is 1.23. The molecule has 0 spiro atoms. The molecule has 0 saturated carbocycles. The third-order valence-electron chi connectivity index (χ3n) is 5.03. The van der Waals surface area contributed by atoms with Crippen LogP contribution < -0.4 is 19.1 Å². The number of amides is 1. The van der Waals surface area contributed by atoms with E-state index in [4.69, 9.17) is 25.8 Å². The third kappa shape index (κ3) is 3.93. The fraction of sp³-hybridized carbons (Fsp3) is 0.273. The number of thioether (sulfide) groups is 1. The van der Waals surface area contributed by atoms with Crippen molar-refractivity contribution < 1.29 is 19.0 Å². The van der Waals surface area contributed by atoms with Crippen LogP contribution in [0.15, 0.2) is 41.6 Å². The Labute approximate surface area is 194 Å². The summed E-state index contributed by atoms with van der Waals surface area (Å²) in [6.07, 6.45) is 1.24. The van der Waals surface area contributed by atoms with Crippen LogP contribution in [0, 0.1) is 0 Å². The molecule has 1 amide bonds. The number of aromatic nitrogens is 3. The lowest BCUT2D eigenvalue weighted by atomic mass is 10.1. The van der Waals surface area contributed by atoms with Gasteiger partial charge >= 0.3 is 0 Å². The first kappa shape index (κ1) is 22.2. The van der Waals surface area contributed by atoms with Gasteiger partial charge < -0.3 is 14.2 Å². The average Bonchev–Trinajstić information content (AvgIpc) is 2.96. The fourth-order valence-corrected chi connectivity index (χ4v) is 3.96. The number of carbonyl (C=O) groups excluding carboxylic acids is 1. The van der Waals surface area contributed by atoms with Crippen LogP contribution in [0.1, 0.15) is 25.1 Å². The Kier molecular flexibility index (Phi) is 6.38. The smallest absolute Gasteiger partial charge is 0.247 e. The lowest BCUT2D eigenvalue weighted by molar-refractivity contribution is -0.120. The molecular weight excluding hydrogens is 452 g/mol. The lowest BCUT2D eigenvalue weighted by Gasteiger charge is -2.31. The summed E-state index contributed by atoms with van der Waals surface area (Å²) in [6.45, 7) is 1.79. The Morgan fingerprint density at radius 3 is 2.69 bits per heavy atom. The summed E-state index contributed by atoms with van der Waals surface area (Å²) in [7, 11) is 3.13. The van der Waals surface area contributed by atoms with Crippen molar-refractivity contribution in [3.05, 3.63) is 47.0 Å². The van der Waals surface area contributed by atoms with E-state index in [1.807, 2.05) is 12.3 Å². The second-order valence-electron chi connectivity index (χ2n) is 6.81. The molecule has 0 aliphatic carbocycles. The zero-order valence-corrected chi connectivity index (χ0v) is 19.5. The van der Waals surface area contributed by atoms with Crippen molar-refractivity contribution >= 4 is 35.0 Å². The van der Waals surface area contributed by atoms with Crippen molar-refractivity contribution in [2.45, 2.75) is 24.7 Å². The van der Waals surface area contributed by atoms with Crippen LogP contribution in [0.25, 0.3) is 11.3 Å². The minimum absolute atomic E-state index is 0.151. The van der Waals surface area contributed by atoms with Crippen LogP contribution in [0.3, 0.4) is 0 Å². The average molecular weight is 473 g/mol. The van der Waals surface area contributed by atoms with Gasteiger partial charge in [0.25, 0.3) is 0 Å². The number of fused-ring (bicyclic) bond motifs is 3. The highest BCUT2D eigenvalue weighted by Crippen LogP contribution is 2.46. The maximum atomic E-state index is 13.2. The van der Waals surface area contributed by atoms with Gasteiger partial charge in [-0.25, -0.2) is 0 Å². The number of anilines is 1.